The molecule has 1 saturated carbocycles. The number of likely N-dealkylation sites (tertiary alicyclic amines) is 1. The standard InChI is InChI=1S/C19H23N7O2S/c1-3-15-23-18(29-24-15)28-19(27)26-8-11-6-13(7-12(11)9-26)25(2)17-14-4-5-20-16(14)21-10-22-17/h4-5,10-13H,3,6-9H2,1-2H3,(H,20,21,22)/t11-,12+,13?. The first-order chi connectivity index (χ1) is 14.1. The molecule has 1 unspecified atom stereocenters. The molecule has 29 heavy (non-hydrogen) atoms. The van der Waals surface area contributed by atoms with E-state index in [4.69, 9.17) is 4.74 Å². The van der Waals surface area contributed by atoms with Gasteiger partial charge in [0.25, 0.3) is 0 Å². The number of rotatable bonds is 4. The van der Waals surface area contributed by atoms with Crippen LogP contribution in [0, 0.1) is 11.8 Å². The minimum atomic E-state index is -0.312. The van der Waals surface area contributed by atoms with Gasteiger partial charge in [0.2, 0.25) is 0 Å². The summed E-state index contributed by atoms with van der Waals surface area (Å²) in [7, 11) is 2.10. The van der Waals surface area contributed by atoms with E-state index in [9.17, 15) is 4.79 Å². The number of anilines is 1. The van der Waals surface area contributed by atoms with E-state index in [0.29, 0.717) is 28.9 Å². The first kappa shape index (κ1) is 18.3. The molecule has 2 fully saturated rings. The van der Waals surface area contributed by atoms with Gasteiger partial charge in [0.1, 0.15) is 23.6 Å². The number of carbonyl (C=O) groups is 1. The predicted molar refractivity (Wildman–Crippen MR) is 109 cm³/mol. The highest BCUT2D eigenvalue weighted by atomic mass is 32.1. The fourth-order valence-corrected chi connectivity index (χ4v) is 5.22. The SMILES string of the molecule is CCc1nsc(OC(=O)N2C[C@H]3CC(N(C)c4ncnc5[nH]ccc45)C[C@H]3C2)n1. The number of H-pyrrole nitrogens is 1. The van der Waals surface area contributed by atoms with E-state index in [1.165, 1.54) is 0 Å². The second kappa shape index (κ2) is 7.25. The van der Waals surface area contributed by atoms with Crippen LogP contribution < -0.4 is 9.64 Å². The highest BCUT2D eigenvalue weighted by Gasteiger charge is 2.44. The lowest BCUT2D eigenvalue weighted by molar-refractivity contribution is 0.158. The molecule has 5 rings (SSSR count). The Labute approximate surface area is 172 Å². The van der Waals surface area contributed by atoms with Gasteiger partial charge in [-0.15, -0.1) is 0 Å². The smallest absolute Gasteiger partial charge is 0.380 e. The van der Waals surface area contributed by atoms with Crippen molar-refractivity contribution in [2.45, 2.75) is 32.2 Å². The van der Waals surface area contributed by atoms with Gasteiger partial charge >= 0.3 is 11.3 Å². The van der Waals surface area contributed by atoms with Crippen molar-refractivity contribution in [3.05, 3.63) is 24.4 Å². The quantitative estimate of drug-likeness (QED) is 0.702. The summed E-state index contributed by atoms with van der Waals surface area (Å²) in [6, 6.07) is 2.43. The number of fused-ring (bicyclic) bond motifs is 2. The molecule has 3 aromatic rings. The first-order valence-corrected chi connectivity index (χ1v) is 10.7. The van der Waals surface area contributed by atoms with Crippen LogP contribution in [0.5, 0.6) is 5.19 Å². The molecule has 9 nitrogen and oxygen atoms in total. The van der Waals surface area contributed by atoms with Crippen LogP contribution in [0.25, 0.3) is 11.0 Å². The van der Waals surface area contributed by atoms with Crippen molar-refractivity contribution in [3.8, 4) is 5.19 Å². The van der Waals surface area contributed by atoms with Crippen LogP contribution in [0.3, 0.4) is 0 Å². The minimum absolute atomic E-state index is 0.312. The van der Waals surface area contributed by atoms with Crippen LogP contribution in [0.15, 0.2) is 18.6 Å². The van der Waals surface area contributed by atoms with E-state index in [-0.39, 0.29) is 6.09 Å². The highest BCUT2D eigenvalue weighted by molar-refractivity contribution is 7.07. The number of hydrogen-bond donors (Lipinski definition) is 1. The molecule has 3 atom stereocenters. The van der Waals surface area contributed by atoms with Crippen molar-refractivity contribution in [3.63, 3.8) is 0 Å². The first-order valence-electron chi connectivity index (χ1n) is 9.92. The van der Waals surface area contributed by atoms with Crippen LogP contribution in [0.2, 0.25) is 0 Å². The number of nitrogens with zero attached hydrogens (tertiary/aromatic N) is 6. The average Bonchev–Trinajstić information content (AvgIpc) is 3.48. The number of ether oxygens (including phenoxy) is 1. The molecule has 0 radical (unpaired) electrons. The van der Waals surface area contributed by atoms with Crippen LogP contribution in [0.1, 0.15) is 25.6 Å². The number of nitrogens with one attached hydrogen (secondary N) is 1. The summed E-state index contributed by atoms with van der Waals surface area (Å²) in [5, 5.41) is 1.38. The lowest BCUT2D eigenvalue weighted by Gasteiger charge is -2.27. The average molecular weight is 414 g/mol. The summed E-state index contributed by atoms with van der Waals surface area (Å²) in [5.74, 6) is 2.64. The second-order valence-electron chi connectivity index (χ2n) is 7.80. The monoisotopic (exact) mass is 413 g/mol. The number of hydrogen-bond acceptors (Lipinski definition) is 8. The molecule has 10 heteroatoms. The fraction of sp³-hybridized carbons (Fsp3) is 0.526. The van der Waals surface area contributed by atoms with Gasteiger partial charge < -0.3 is 19.5 Å². The molecule has 1 N–H and O–H groups in total. The zero-order chi connectivity index (χ0) is 20.0. The molecule has 0 aromatic carbocycles. The molecular formula is C19H23N7O2S. The summed E-state index contributed by atoms with van der Waals surface area (Å²) in [6.45, 7) is 3.44. The van der Waals surface area contributed by atoms with Crippen LogP contribution in [-0.4, -0.2) is 61.5 Å². The summed E-state index contributed by atoms with van der Waals surface area (Å²) < 4.78 is 9.59. The summed E-state index contributed by atoms with van der Waals surface area (Å²) in [6.07, 6.45) is 6.01. The normalized spacial score (nSPS) is 23.5. The van der Waals surface area contributed by atoms with E-state index < -0.39 is 0 Å². The highest BCUT2D eigenvalue weighted by Crippen LogP contribution is 2.41. The molecule has 1 amide bonds. The second-order valence-corrected chi connectivity index (χ2v) is 8.51. The number of aromatic amines is 1. The zero-order valence-electron chi connectivity index (χ0n) is 16.4. The lowest BCUT2D eigenvalue weighted by Crippen LogP contribution is -2.35. The Hall–Kier alpha value is -2.75. The van der Waals surface area contributed by atoms with Gasteiger partial charge in [0.15, 0.2) is 0 Å². The maximum Gasteiger partial charge on any atom is 0.417 e. The Kier molecular flexibility index (Phi) is 4.57. The summed E-state index contributed by atoms with van der Waals surface area (Å²) >= 11 is 1.13. The molecule has 0 spiro atoms. The van der Waals surface area contributed by atoms with Gasteiger partial charge in [0.05, 0.1) is 5.39 Å². The molecule has 2 aliphatic rings. The molecule has 3 aromatic heterocycles. The third-order valence-electron chi connectivity index (χ3n) is 6.14. The number of aryl methyl sites for hydroxylation is 1. The van der Waals surface area contributed by atoms with Crippen LogP contribution in [0.4, 0.5) is 10.6 Å². The van der Waals surface area contributed by atoms with Crippen molar-refractivity contribution in [2.24, 2.45) is 11.8 Å². The van der Waals surface area contributed by atoms with Gasteiger partial charge in [-0.1, -0.05) is 6.92 Å². The largest absolute Gasteiger partial charge is 0.417 e. The Morgan fingerprint density at radius 3 is 2.86 bits per heavy atom. The maximum absolute atomic E-state index is 12.5. The minimum Gasteiger partial charge on any atom is -0.380 e. The number of aromatic nitrogens is 5. The maximum atomic E-state index is 12.5. The van der Waals surface area contributed by atoms with Gasteiger partial charge in [-0.25, -0.2) is 14.8 Å². The van der Waals surface area contributed by atoms with E-state index in [0.717, 1.165) is 60.7 Å². The molecule has 4 heterocycles. The van der Waals surface area contributed by atoms with Crippen molar-refractivity contribution in [1.82, 2.24) is 29.2 Å². The molecule has 0 bridgehead atoms. The Morgan fingerprint density at radius 2 is 2.14 bits per heavy atom. The third kappa shape index (κ3) is 3.31. The van der Waals surface area contributed by atoms with E-state index in [1.807, 2.05) is 24.1 Å². The Bertz CT molecular complexity index is 1020. The van der Waals surface area contributed by atoms with Crippen LogP contribution >= 0.6 is 11.5 Å². The topological polar surface area (TPSA) is 100 Å². The lowest BCUT2D eigenvalue weighted by atomic mass is 10.0. The van der Waals surface area contributed by atoms with Gasteiger partial charge in [0, 0.05) is 50.3 Å². The van der Waals surface area contributed by atoms with Crippen molar-refractivity contribution >= 4 is 34.5 Å². The van der Waals surface area contributed by atoms with Crippen molar-refractivity contribution in [1.29, 1.82) is 0 Å². The van der Waals surface area contributed by atoms with E-state index in [1.54, 1.807) is 6.33 Å². The molecule has 152 valence electrons. The van der Waals surface area contributed by atoms with Gasteiger partial charge in [-0.2, -0.15) is 9.36 Å². The van der Waals surface area contributed by atoms with Gasteiger partial charge in [-0.05, 0) is 30.7 Å². The van der Waals surface area contributed by atoms with Crippen LogP contribution in [-0.2, 0) is 6.42 Å². The fourth-order valence-electron chi connectivity index (χ4n) is 4.61. The third-order valence-corrected chi connectivity index (χ3v) is 6.77. The predicted octanol–water partition coefficient (Wildman–Crippen LogP) is 2.72. The van der Waals surface area contributed by atoms with Crippen molar-refractivity contribution in [2.75, 3.05) is 25.0 Å². The summed E-state index contributed by atoms with van der Waals surface area (Å²) in [5.41, 5.74) is 0.858. The van der Waals surface area contributed by atoms with E-state index in [2.05, 4.69) is 36.3 Å². The van der Waals surface area contributed by atoms with Gasteiger partial charge in [-0.3, -0.25) is 0 Å². The molecule has 1 aliphatic carbocycles. The molecule has 1 saturated heterocycles. The molecule has 1 aliphatic heterocycles. The van der Waals surface area contributed by atoms with E-state index >= 15 is 0 Å². The summed E-state index contributed by atoms with van der Waals surface area (Å²) in [4.78, 5) is 32.7. The Morgan fingerprint density at radius 1 is 1.34 bits per heavy atom. The van der Waals surface area contributed by atoms with Crippen molar-refractivity contribution < 1.29 is 9.53 Å². The Balaban J connectivity index is 1.21. The zero-order valence-corrected chi connectivity index (χ0v) is 17.2. The number of carbonyl (C=O) groups excluding carboxylic acids is 1. The molecular weight excluding hydrogens is 390 g/mol. The number of amides is 1.